The highest BCUT2D eigenvalue weighted by molar-refractivity contribution is 5.91. The Kier molecular flexibility index (Phi) is 6.32. The van der Waals surface area contributed by atoms with Crippen LogP contribution in [-0.2, 0) is 11.3 Å². The Hall–Kier alpha value is -3.15. The van der Waals surface area contributed by atoms with Crippen LogP contribution in [0.2, 0.25) is 0 Å². The van der Waals surface area contributed by atoms with Crippen molar-refractivity contribution in [3.8, 4) is 0 Å². The third kappa shape index (κ3) is 4.47. The molecule has 3 rings (SSSR count). The Balaban J connectivity index is 1.74. The Bertz CT molecular complexity index is 1080. The first-order chi connectivity index (χ1) is 13.9. The molecule has 152 valence electrons. The number of carbonyl (C=O) groups excluding carboxylic acids is 1. The summed E-state index contributed by atoms with van der Waals surface area (Å²) in [4.78, 5) is 31.7. The first-order valence-electron chi connectivity index (χ1n) is 10.1. The van der Waals surface area contributed by atoms with E-state index >= 15 is 0 Å². The summed E-state index contributed by atoms with van der Waals surface area (Å²) in [6.45, 7) is 10.1. The molecule has 3 aromatic rings. The first-order valence-corrected chi connectivity index (χ1v) is 10.1. The summed E-state index contributed by atoms with van der Waals surface area (Å²) < 4.78 is 1.63. The number of carbonyl (C=O) groups is 1. The van der Waals surface area contributed by atoms with Gasteiger partial charge < -0.3 is 14.8 Å². The van der Waals surface area contributed by atoms with Crippen molar-refractivity contribution in [3.63, 3.8) is 0 Å². The lowest BCUT2D eigenvalue weighted by atomic mass is 10.1. The van der Waals surface area contributed by atoms with Crippen LogP contribution in [0, 0.1) is 13.8 Å². The average molecular weight is 393 g/mol. The fourth-order valence-corrected chi connectivity index (χ4v) is 3.54. The number of amides is 1. The van der Waals surface area contributed by atoms with Gasteiger partial charge in [0.2, 0.25) is 5.91 Å². The van der Waals surface area contributed by atoms with E-state index in [1.165, 1.54) is 0 Å². The van der Waals surface area contributed by atoms with E-state index in [9.17, 15) is 9.59 Å². The van der Waals surface area contributed by atoms with Crippen LogP contribution in [0.4, 0.5) is 11.4 Å². The molecule has 0 saturated heterocycles. The molecule has 1 heterocycles. The summed E-state index contributed by atoms with van der Waals surface area (Å²) in [5, 5.41) is 2.98. The molecule has 0 atom stereocenters. The molecule has 0 aliphatic rings. The minimum atomic E-state index is -0.156. The van der Waals surface area contributed by atoms with E-state index in [0.29, 0.717) is 12.2 Å². The second-order valence-corrected chi connectivity index (χ2v) is 7.11. The number of aryl methyl sites for hydroxylation is 3. The van der Waals surface area contributed by atoms with Gasteiger partial charge in [-0.25, -0.2) is 4.98 Å². The van der Waals surface area contributed by atoms with Gasteiger partial charge in [0.25, 0.3) is 5.56 Å². The smallest absolute Gasteiger partial charge is 0.272 e. The van der Waals surface area contributed by atoms with Crippen molar-refractivity contribution < 1.29 is 4.79 Å². The number of hydrogen-bond acceptors (Lipinski definition) is 4. The van der Waals surface area contributed by atoms with Gasteiger partial charge in [0.1, 0.15) is 5.69 Å². The van der Waals surface area contributed by atoms with Gasteiger partial charge in [-0.1, -0.05) is 12.1 Å². The molecule has 0 aliphatic carbocycles. The molecule has 0 bridgehead atoms. The summed E-state index contributed by atoms with van der Waals surface area (Å²) in [5.41, 5.74) is 4.75. The van der Waals surface area contributed by atoms with Crippen LogP contribution >= 0.6 is 0 Å². The highest BCUT2D eigenvalue weighted by atomic mass is 16.2. The molecule has 1 amide bonds. The number of anilines is 2. The van der Waals surface area contributed by atoms with Crippen LogP contribution in [0.5, 0.6) is 0 Å². The predicted octanol–water partition coefficient (Wildman–Crippen LogP) is 3.89. The minimum Gasteiger partial charge on any atom is -0.372 e. The highest BCUT2D eigenvalue weighted by Crippen LogP contribution is 2.23. The molecule has 0 fully saturated rings. The number of hydrogen-bond donors (Lipinski definition) is 1. The van der Waals surface area contributed by atoms with E-state index in [2.05, 4.69) is 35.1 Å². The van der Waals surface area contributed by atoms with Gasteiger partial charge in [0.05, 0.1) is 11.0 Å². The summed E-state index contributed by atoms with van der Waals surface area (Å²) in [6.07, 6.45) is 0.213. The predicted molar refractivity (Wildman–Crippen MR) is 119 cm³/mol. The zero-order valence-corrected chi connectivity index (χ0v) is 17.5. The van der Waals surface area contributed by atoms with Crippen molar-refractivity contribution in [1.82, 2.24) is 9.55 Å². The number of rotatable bonds is 7. The van der Waals surface area contributed by atoms with E-state index < -0.39 is 0 Å². The lowest BCUT2D eigenvalue weighted by Gasteiger charge is -2.22. The molecule has 6 heteroatoms. The zero-order valence-electron chi connectivity index (χ0n) is 17.5. The SMILES string of the molecule is CCN(CC)c1ccc(NC(=O)CCn2c(=O)c(C)nc3ccccc32)c(C)c1. The van der Waals surface area contributed by atoms with Gasteiger partial charge in [-0.3, -0.25) is 9.59 Å². The van der Waals surface area contributed by atoms with Gasteiger partial charge in [0, 0.05) is 37.4 Å². The lowest BCUT2D eigenvalue weighted by Crippen LogP contribution is -2.26. The third-order valence-corrected chi connectivity index (χ3v) is 5.19. The van der Waals surface area contributed by atoms with Crippen molar-refractivity contribution in [2.75, 3.05) is 23.3 Å². The Morgan fingerprint density at radius 3 is 2.52 bits per heavy atom. The molecule has 0 aliphatic heterocycles. The van der Waals surface area contributed by atoms with Crippen LogP contribution in [0.1, 0.15) is 31.5 Å². The maximum atomic E-state index is 12.5. The molecule has 0 saturated carbocycles. The van der Waals surface area contributed by atoms with Crippen molar-refractivity contribution in [2.24, 2.45) is 0 Å². The summed E-state index contributed by atoms with van der Waals surface area (Å²) >= 11 is 0. The van der Waals surface area contributed by atoms with Crippen LogP contribution in [-0.4, -0.2) is 28.5 Å². The topological polar surface area (TPSA) is 67.2 Å². The second kappa shape index (κ2) is 8.90. The number of benzene rings is 2. The van der Waals surface area contributed by atoms with E-state index in [1.54, 1.807) is 11.5 Å². The number of nitrogens with zero attached hydrogens (tertiary/aromatic N) is 3. The fourth-order valence-electron chi connectivity index (χ4n) is 3.54. The summed E-state index contributed by atoms with van der Waals surface area (Å²) in [7, 11) is 0. The zero-order chi connectivity index (χ0) is 21.0. The van der Waals surface area contributed by atoms with Gasteiger partial charge in [-0.2, -0.15) is 0 Å². The van der Waals surface area contributed by atoms with E-state index in [0.717, 1.165) is 41.1 Å². The highest BCUT2D eigenvalue weighted by Gasteiger charge is 2.11. The molecule has 29 heavy (non-hydrogen) atoms. The lowest BCUT2D eigenvalue weighted by molar-refractivity contribution is -0.116. The largest absolute Gasteiger partial charge is 0.372 e. The number of nitrogens with one attached hydrogen (secondary N) is 1. The monoisotopic (exact) mass is 392 g/mol. The van der Waals surface area contributed by atoms with Crippen molar-refractivity contribution >= 4 is 28.3 Å². The van der Waals surface area contributed by atoms with Gasteiger partial charge in [-0.15, -0.1) is 0 Å². The average Bonchev–Trinajstić information content (AvgIpc) is 2.71. The van der Waals surface area contributed by atoms with E-state index in [1.807, 2.05) is 43.3 Å². The molecule has 1 N–H and O–H groups in total. The fraction of sp³-hybridized carbons (Fsp3) is 0.348. The van der Waals surface area contributed by atoms with Crippen molar-refractivity contribution in [1.29, 1.82) is 0 Å². The van der Waals surface area contributed by atoms with E-state index in [4.69, 9.17) is 0 Å². The van der Waals surface area contributed by atoms with Crippen molar-refractivity contribution in [2.45, 2.75) is 40.7 Å². The normalized spacial score (nSPS) is 10.9. The van der Waals surface area contributed by atoms with Gasteiger partial charge >= 0.3 is 0 Å². The number of para-hydroxylation sites is 2. The third-order valence-electron chi connectivity index (χ3n) is 5.19. The van der Waals surface area contributed by atoms with Crippen molar-refractivity contribution in [3.05, 3.63) is 64.1 Å². The standard InChI is InChI=1S/C23H28N4O2/c1-5-26(6-2)18-11-12-19(16(3)15-18)25-22(28)13-14-27-21-10-8-7-9-20(21)24-17(4)23(27)29/h7-12,15H,5-6,13-14H2,1-4H3,(H,25,28). The van der Waals surface area contributed by atoms with Gasteiger partial charge in [0.15, 0.2) is 0 Å². The number of aromatic nitrogens is 2. The maximum Gasteiger partial charge on any atom is 0.272 e. The quantitative estimate of drug-likeness (QED) is 0.662. The van der Waals surface area contributed by atoms with Gasteiger partial charge in [-0.05, 0) is 63.6 Å². The Labute approximate surface area is 171 Å². The summed E-state index contributed by atoms with van der Waals surface area (Å²) in [5.74, 6) is -0.117. The summed E-state index contributed by atoms with van der Waals surface area (Å²) in [6, 6.07) is 13.6. The molecular weight excluding hydrogens is 364 g/mol. The van der Waals surface area contributed by atoms with Crippen LogP contribution in [0.15, 0.2) is 47.3 Å². The maximum absolute atomic E-state index is 12.5. The molecule has 1 aromatic heterocycles. The molecular formula is C23H28N4O2. The molecule has 0 unspecified atom stereocenters. The van der Waals surface area contributed by atoms with E-state index in [-0.39, 0.29) is 17.9 Å². The second-order valence-electron chi connectivity index (χ2n) is 7.11. The number of fused-ring (bicyclic) bond motifs is 1. The minimum absolute atomic E-state index is 0.117. The van der Waals surface area contributed by atoms with Crippen LogP contribution in [0.3, 0.4) is 0 Å². The molecule has 6 nitrogen and oxygen atoms in total. The molecule has 2 aromatic carbocycles. The Morgan fingerprint density at radius 2 is 1.83 bits per heavy atom. The first kappa shape index (κ1) is 20.6. The molecule has 0 spiro atoms. The van der Waals surface area contributed by atoms with Crippen LogP contribution in [0.25, 0.3) is 11.0 Å². The van der Waals surface area contributed by atoms with Crippen LogP contribution < -0.4 is 15.8 Å². The molecule has 0 radical (unpaired) electrons. The Morgan fingerprint density at radius 1 is 1.10 bits per heavy atom.